The number of piperidine rings is 1. The SMILES string of the molecule is CNC(=O)C1CCCCN1C(=O)/C=C/c1cccc(N)c1. The predicted molar refractivity (Wildman–Crippen MR) is 83.3 cm³/mol. The molecule has 1 aliphatic rings. The van der Waals surface area contributed by atoms with E-state index in [1.165, 1.54) is 6.08 Å². The maximum Gasteiger partial charge on any atom is 0.247 e. The number of carbonyl (C=O) groups excluding carboxylic acids is 2. The summed E-state index contributed by atoms with van der Waals surface area (Å²) in [5, 5.41) is 2.63. The van der Waals surface area contributed by atoms with Gasteiger partial charge in [-0.3, -0.25) is 9.59 Å². The molecule has 21 heavy (non-hydrogen) atoms. The molecule has 112 valence electrons. The highest BCUT2D eigenvalue weighted by molar-refractivity contribution is 5.95. The maximum absolute atomic E-state index is 12.3. The number of benzene rings is 1. The molecule has 1 aliphatic heterocycles. The lowest BCUT2D eigenvalue weighted by Crippen LogP contribution is -2.50. The highest BCUT2D eigenvalue weighted by Gasteiger charge is 2.30. The third-order valence-electron chi connectivity index (χ3n) is 3.66. The standard InChI is InChI=1S/C16H21N3O2/c1-18-16(21)14-7-2-3-10-19(14)15(20)9-8-12-5-4-6-13(17)11-12/h4-6,8-9,11,14H,2-3,7,10,17H2,1H3,(H,18,21)/b9-8+. The minimum Gasteiger partial charge on any atom is -0.399 e. The summed E-state index contributed by atoms with van der Waals surface area (Å²) in [7, 11) is 1.60. The molecule has 1 unspecified atom stereocenters. The lowest BCUT2D eigenvalue weighted by atomic mass is 10.0. The average molecular weight is 287 g/mol. The zero-order valence-electron chi connectivity index (χ0n) is 12.2. The number of carbonyl (C=O) groups is 2. The van der Waals surface area contributed by atoms with Crippen molar-refractivity contribution in [3.05, 3.63) is 35.9 Å². The molecule has 1 aromatic carbocycles. The number of nitrogens with zero attached hydrogens (tertiary/aromatic N) is 1. The molecule has 5 heteroatoms. The molecule has 0 bridgehead atoms. The number of rotatable bonds is 3. The van der Waals surface area contributed by atoms with E-state index in [4.69, 9.17) is 5.73 Å². The number of nitrogens with one attached hydrogen (secondary N) is 1. The van der Waals surface area contributed by atoms with Crippen molar-refractivity contribution in [2.75, 3.05) is 19.3 Å². The van der Waals surface area contributed by atoms with Crippen LogP contribution in [0.25, 0.3) is 6.08 Å². The number of likely N-dealkylation sites (tertiary alicyclic amines) is 1. The van der Waals surface area contributed by atoms with E-state index in [1.807, 2.05) is 12.1 Å². The highest BCUT2D eigenvalue weighted by atomic mass is 16.2. The van der Waals surface area contributed by atoms with Crippen molar-refractivity contribution < 1.29 is 9.59 Å². The van der Waals surface area contributed by atoms with E-state index in [-0.39, 0.29) is 17.9 Å². The number of hydrogen-bond donors (Lipinski definition) is 2. The summed E-state index contributed by atoms with van der Waals surface area (Å²) in [6.07, 6.45) is 5.87. The van der Waals surface area contributed by atoms with Gasteiger partial charge >= 0.3 is 0 Å². The molecular weight excluding hydrogens is 266 g/mol. The Labute approximate surface area is 124 Å². The molecule has 3 N–H and O–H groups in total. The van der Waals surface area contributed by atoms with Crippen LogP contribution in [0, 0.1) is 0 Å². The maximum atomic E-state index is 12.3. The molecule has 0 spiro atoms. The monoisotopic (exact) mass is 287 g/mol. The normalized spacial score (nSPS) is 18.7. The molecule has 5 nitrogen and oxygen atoms in total. The molecule has 1 aromatic rings. The van der Waals surface area contributed by atoms with Gasteiger partial charge in [-0.25, -0.2) is 0 Å². The van der Waals surface area contributed by atoms with Crippen molar-refractivity contribution in [2.45, 2.75) is 25.3 Å². The summed E-state index contributed by atoms with van der Waals surface area (Å²) in [4.78, 5) is 25.8. The lowest BCUT2D eigenvalue weighted by Gasteiger charge is -2.33. The number of anilines is 1. The van der Waals surface area contributed by atoms with Gasteiger partial charge in [0.05, 0.1) is 0 Å². The van der Waals surface area contributed by atoms with Crippen LogP contribution in [0.15, 0.2) is 30.3 Å². The zero-order valence-corrected chi connectivity index (χ0v) is 12.2. The van der Waals surface area contributed by atoms with E-state index in [9.17, 15) is 9.59 Å². The van der Waals surface area contributed by atoms with Crippen molar-refractivity contribution in [3.63, 3.8) is 0 Å². The highest BCUT2D eigenvalue weighted by Crippen LogP contribution is 2.18. The third kappa shape index (κ3) is 3.84. The van der Waals surface area contributed by atoms with Crippen LogP contribution in [-0.4, -0.2) is 36.3 Å². The van der Waals surface area contributed by atoms with Gasteiger partial charge in [-0.05, 0) is 43.0 Å². The van der Waals surface area contributed by atoms with Gasteiger partial charge in [0.2, 0.25) is 11.8 Å². The Morgan fingerprint density at radius 1 is 1.38 bits per heavy atom. The van der Waals surface area contributed by atoms with E-state index < -0.39 is 0 Å². The second kappa shape index (κ2) is 6.92. The minimum absolute atomic E-state index is 0.0968. The molecule has 0 aliphatic carbocycles. The Hall–Kier alpha value is -2.30. The molecule has 1 saturated heterocycles. The van der Waals surface area contributed by atoms with Gasteiger partial charge in [-0.2, -0.15) is 0 Å². The van der Waals surface area contributed by atoms with Crippen molar-refractivity contribution in [2.24, 2.45) is 0 Å². The van der Waals surface area contributed by atoms with Crippen LogP contribution in [0.2, 0.25) is 0 Å². The summed E-state index contributed by atoms with van der Waals surface area (Å²) in [5.41, 5.74) is 7.24. The van der Waals surface area contributed by atoms with Crippen LogP contribution in [-0.2, 0) is 9.59 Å². The Balaban J connectivity index is 2.08. The van der Waals surface area contributed by atoms with Crippen LogP contribution in [0.5, 0.6) is 0 Å². The fourth-order valence-corrected chi connectivity index (χ4v) is 2.56. The number of amides is 2. The van der Waals surface area contributed by atoms with E-state index in [0.717, 1.165) is 24.8 Å². The average Bonchev–Trinajstić information content (AvgIpc) is 2.52. The largest absolute Gasteiger partial charge is 0.399 e. The van der Waals surface area contributed by atoms with Crippen LogP contribution < -0.4 is 11.1 Å². The van der Waals surface area contributed by atoms with E-state index in [1.54, 1.807) is 30.2 Å². The van der Waals surface area contributed by atoms with Gasteiger partial charge in [0.15, 0.2) is 0 Å². The van der Waals surface area contributed by atoms with Crippen LogP contribution in [0.3, 0.4) is 0 Å². The number of nitrogen functional groups attached to an aromatic ring is 1. The first-order valence-corrected chi connectivity index (χ1v) is 7.17. The third-order valence-corrected chi connectivity index (χ3v) is 3.66. The first kappa shape index (κ1) is 15.1. The second-order valence-corrected chi connectivity index (χ2v) is 5.16. The summed E-state index contributed by atoms with van der Waals surface area (Å²) in [5.74, 6) is -0.230. The quantitative estimate of drug-likeness (QED) is 0.652. The van der Waals surface area contributed by atoms with Gasteiger partial charge in [-0.1, -0.05) is 12.1 Å². The molecule has 1 atom stereocenters. The van der Waals surface area contributed by atoms with Crippen LogP contribution in [0.4, 0.5) is 5.69 Å². The smallest absolute Gasteiger partial charge is 0.247 e. The van der Waals surface area contributed by atoms with E-state index >= 15 is 0 Å². The first-order valence-electron chi connectivity index (χ1n) is 7.17. The second-order valence-electron chi connectivity index (χ2n) is 5.16. The Morgan fingerprint density at radius 3 is 2.90 bits per heavy atom. The topological polar surface area (TPSA) is 75.4 Å². The van der Waals surface area contributed by atoms with E-state index in [0.29, 0.717) is 12.2 Å². The van der Waals surface area contributed by atoms with Crippen molar-refractivity contribution >= 4 is 23.6 Å². The number of likely N-dealkylation sites (N-methyl/N-ethyl adjacent to an activating group) is 1. The molecule has 1 heterocycles. The van der Waals surface area contributed by atoms with E-state index in [2.05, 4.69) is 5.32 Å². The molecule has 1 fully saturated rings. The Bertz CT molecular complexity index is 554. The first-order chi connectivity index (χ1) is 10.1. The van der Waals surface area contributed by atoms with Crippen LogP contribution >= 0.6 is 0 Å². The molecular formula is C16H21N3O2. The fourth-order valence-electron chi connectivity index (χ4n) is 2.56. The zero-order chi connectivity index (χ0) is 15.2. The molecule has 2 rings (SSSR count). The van der Waals surface area contributed by atoms with Crippen molar-refractivity contribution in [1.82, 2.24) is 10.2 Å². The number of hydrogen-bond acceptors (Lipinski definition) is 3. The Kier molecular flexibility index (Phi) is 4.98. The molecule has 0 aromatic heterocycles. The molecule has 0 radical (unpaired) electrons. The van der Waals surface area contributed by atoms with Gasteiger partial charge in [-0.15, -0.1) is 0 Å². The van der Waals surface area contributed by atoms with Gasteiger partial charge in [0, 0.05) is 25.4 Å². The predicted octanol–water partition coefficient (Wildman–Crippen LogP) is 1.41. The van der Waals surface area contributed by atoms with Gasteiger partial charge in [0.25, 0.3) is 0 Å². The summed E-state index contributed by atoms with van der Waals surface area (Å²) in [6.45, 7) is 0.623. The summed E-state index contributed by atoms with van der Waals surface area (Å²) < 4.78 is 0. The lowest BCUT2D eigenvalue weighted by molar-refractivity contribution is -0.138. The van der Waals surface area contributed by atoms with Crippen LogP contribution in [0.1, 0.15) is 24.8 Å². The van der Waals surface area contributed by atoms with Gasteiger partial charge < -0.3 is 16.0 Å². The van der Waals surface area contributed by atoms with Gasteiger partial charge in [0.1, 0.15) is 6.04 Å². The number of nitrogens with two attached hydrogens (primary N) is 1. The van der Waals surface area contributed by atoms with Crippen molar-refractivity contribution in [3.8, 4) is 0 Å². The summed E-state index contributed by atoms with van der Waals surface area (Å²) in [6, 6.07) is 6.96. The minimum atomic E-state index is -0.359. The fraction of sp³-hybridized carbons (Fsp3) is 0.375. The Morgan fingerprint density at radius 2 is 2.19 bits per heavy atom. The molecule has 0 saturated carbocycles. The summed E-state index contributed by atoms with van der Waals surface area (Å²) >= 11 is 0. The molecule has 2 amide bonds. The van der Waals surface area contributed by atoms with Crippen molar-refractivity contribution in [1.29, 1.82) is 0 Å².